The maximum absolute atomic E-state index is 12.4. The van der Waals surface area contributed by atoms with Gasteiger partial charge in [-0.25, -0.2) is 4.79 Å². The molecule has 1 heterocycles. The number of aliphatic hydroxyl groups is 1. The third-order valence-electron chi connectivity index (χ3n) is 3.85. The third-order valence-corrected chi connectivity index (χ3v) is 3.85. The molecule has 1 aliphatic heterocycles. The van der Waals surface area contributed by atoms with Gasteiger partial charge < -0.3 is 9.84 Å². The first-order valence-corrected chi connectivity index (χ1v) is 6.85. The van der Waals surface area contributed by atoms with Gasteiger partial charge in [-0.2, -0.15) is 0 Å². The molecule has 2 unspecified atom stereocenters. The molecule has 3 rings (SSSR count). The van der Waals surface area contributed by atoms with E-state index in [1.807, 2.05) is 12.1 Å². The zero-order valence-corrected chi connectivity index (χ0v) is 12.0. The summed E-state index contributed by atoms with van der Waals surface area (Å²) in [5.74, 6) is -1.63. The van der Waals surface area contributed by atoms with Crippen LogP contribution in [-0.4, -0.2) is 29.7 Å². The smallest absolute Gasteiger partial charge is 0.350 e. The van der Waals surface area contributed by atoms with Crippen molar-refractivity contribution in [1.82, 2.24) is 0 Å². The highest BCUT2D eigenvalue weighted by molar-refractivity contribution is 6.20. The first-order valence-electron chi connectivity index (χ1n) is 6.85. The Labute approximate surface area is 127 Å². The van der Waals surface area contributed by atoms with Crippen LogP contribution in [0.25, 0.3) is 0 Å². The number of carbonyl (C=O) groups is 2. The summed E-state index contributed by atoms with van der Waals surface area (Å²) in [4.78, 5) is 25.8. The summed E-state index contributed by atoms with van der Waals surface area (Å²) in [6.45, 7) is 0. The molecule has 1 amide bonds. The highest BCUT2D eigenvalue weighted by Crippen LogP contribution is 2.46. The van der Waals surface area contributed by atoms with Gasteiger partial charge in [-0.1, -0.05) is 48.5 Å². The fourth-order valence-electron chi connectivity index (χ4n) is 2.77. The minimum atomic E-state index is -2.19. The first-order chi connectivity index (χ1) is 10.6. The molecule has 5 heteroatoms. The molecule has 22 heavy (non-hydrogen) atoms. The largest absolute Gasteiger partial charge is 0.466 e. The van der Waals surface area contributed by atoms with E-state index in [2.05, 4.69) is 4.74 Å². The first kappa shape index (κ1) is 14.3. The van der Waals surface area contributed by atoms with E-state index in [-0.39, 0.29) is 0 Å². The predicted molar refractivity (Wildman–Crippen MR) is 80.1 cm³/mol. The number of anilines is 1. The van der Waals surface area contributed by atoms with Gasteiger partial charge in [-0.3, -0.25) is 9.69 Å². The second-order valence-corrected chi connectivity index (χ2v) is 5.08. The normalized spacial score (nSPS) is 23.8. The summed E-state index contributed by atoms with van der Waals surface area (Å²) in [6.07, 6.45) is 0. The van der Waals surface area contributed by atoms with Crippen LogP contribution in [0.1, 0.15) is 11.6 Å². The van der Waals surface area contributed by atoms with Crippen LogP contribution in [0, 0.1) is 0 Å². The number of esters is 1. The van der Waals surface area contributed by atoms with Crippen LogP contribution in [-0.2, 0) is 14.3 Å². The van der Waals surface area contributed by atoms with Crippen molar-refractivity contribution in [2.75, 3.05) is 12.0 Å². The molecule has 0 spiro atoms. The predicted octanol–water partition coefficient (Wildman–Crippen LogP) is 1.68. The molecule has 1 N–H and O–H groups in total. The maximum atomic E-state index is 12.4. The fraction of sp³-hybridized carbons (Fsp3) is 0.176. The van der Waals surface area contributed by atoms with Crippen LogP contribution in [0.2, 0.25) is 0 Å². The van der Waals surface area contributed by atoms with Gasteiger partial charge in [0.15, 0.2) is 0 Å². The van der Waals surface area contributed by atoms with Gasteiger partial charge in [0, 0.05) is 5.69 Å². The number of amides is 1. The van der Waals surface area contributed by atoms with Crippen LogP contribution in [0.4, 0.5) is 5.69 Å². The Morgan fingerprint density at radius 3 is 2.18 bits per heavy atom. The van der Waals surface area contributed by atoms with Gasteiger partial charge in [0.25, 0.3) is 11.5 Å². The second-order valence-electron chi connectivity index (χ2n) is 5.08. The number of para-hydroxylation sites is 1. The van der Waals surface area contributed by atoms with E-state index >= 15 is 0 Å². The molecule has 112 valence electrons. The number of carbonyl (C=O) groups excluding carboxylic acids is 2. The van der Waals surface area contributed by atoms with Crippen molar-refractivity contribution in [1.29, 1.82) is 0 Å². The summed E-state index contributed by atoms with van der Waals surface area (Å²) in [6, 6.07) is 17.1. The summed E-state index contributed by atoms with van der Waals surface area (Å²) < 4.78 is 4.63. The van der Waals surface area contributed by atoms with Gasteiger partial charge in [0.1, 0.15) is 6.04 Å². The lowest BCUT2D eigenvalue weighted by atomic mass is 9.77. The van der Waals surface area contributed by atoms with Crippen molar-refractivity contribution in [3.8, 4) is 0 Å². The molecule has 1 fully saturated rings. The topological polar surface area (TPSA) is 66.8 Å². The van der Waals surface area contributed by atoms with Gasteiger partial charge in [-0.15, -0.1) is 0 Å². The quantitative estimate of drug-likeness (QED) is 0.532. The lowest BCUT2D eigenvalue weighted by molar-refractivity contribution is -0.180. The molecule has 0 aromatic heterocycles. The summed E-state index contributed by atoms with van der Waals surface area (Å²) in [5, 5.41) is 10.6. The number of rotatable bonds is 3. The van der Waals surface area contributed by atoms with Gasteiger partial charge >= 0.3 is 5.97 Å². The maximum Gasteiger partial charge on any atom is 0.350 e. The van der Waals surface area contributed by atoms with E-state index in [0.717, 1.165) is 7.11 Å². The highest BCUT2D eigenvalue weighted by atomic mass is 16.5. The second kappa shape index (κ2) is 5.27. The number of β-lactam (4-membered cyclic amide) rings is 1. The van der Waals surface area contributed by atoms with Gasteiger partial charge in [0.2, 0.25) is 0 Å². The van der Waals surface area contributed by atoms with E-state index < -0.39 is 23.5 Å². The van der Waals surface area contributed by atoms with Crippen molar-refractivity contribution < 1.29 is 19.4 Å². The number of methoxy groups -OCH3 is 1. The zero-order valence-electron chi connectivity index (χ0n) is 12.0. The van der Waals surface area contributed by atoms with Crippen LogP contribution in [0.5, 0.6) is 0 Å². The Balaban J connectivity index is 2.09. The molecule has 0 bridgehead atoms. The minimum Gasteiger partial charge on any atom is -0.466 e. The summed E-state index contributed by atoms with van der Waals surface area (Å²) in [7, 11) is 1.15. The number of nitrogens with zero attached hydrogens (tertiary/aromatic N) is 1. The highest BCUT2D eigenvalue weighted by Gasteiger charge is 2.67. The Bertz CT molecular complexity index is 701. The van der Waals surface area contributed by atoms with Crippen LogP contribution in [0.3, 0.4) is 0 Å². The zero-order chi connectivity index (χ0) is 15.7. The fourth-order valence-corrected chi connectivity index (χ4v) is 2.77. The van der Waals surface area contributed by atoms with Crippen molar-refractivity contribution in [2.24, 2.45) is 0 Å². The van der Waals surface area contributed by atoms with Crippen molar-refractivity contribution >= 4 is 17.6 Å². The molecule has 1 saturated heterocycles. The van der Waals surface area contributed by atoms with E-state index in [0.29, 0.717) is 11.3 Å². The Kier molecular flexibility index (Phi) is 3.42. The molecule has 0 aliphatic carbocycles. The van der Waals surface area contributed by atoms with Crippen LogP contribution in [0.15, 0.2) is 60.7 Å². The van der Waals surface area contributed by atoms with E-state index in [1.54, 1.807) is 48.5 Å². The standard InChI is InChI=1S/C17H15NO4/c1-22-16(20)17(21)14(12-8-4-2-5-9-12)18(15(17)19)13-10-6-3-7-11-13/h2-11,14,21H,1H3. The van der Waals surface area contributed by atoms with Crippen molar-refractivity contribution in [3.05, 3.63) is 66.2 Å². The summed E-state index contributed by atoms with van der Waals surface area (Å²) in [5.41, 5.74) is -0.903. The molecule has 5 nitrogen and oxygen atoms in total. The van der Waals surface area contributed by atoms with Gasteiger partial charge in [-0.05, 0) is 17.7 Å². The third kappa shape index (κ3) is 1.90. The molecule has 2 atom stereocenters. The molecule has 0 saturated carbocycles. The number of ether oxygens (including phenoxy) is 1. The van der Waals surface area contributed by atoms with Crippen molar-refractivity contribution in [3.63, 3.8) is 0 Å². The monoisotopic (exact) mass is 297 g/mol. The molecule has 0 radical (unpaired) electrons. The molecule has 2 aromatic rings. The van der Waals surface area contributed by atoms with E-state index in [9.17, 15) is 14.7 Å². The number of benzene rings is 2. The van der Waals surface area contributed by atoms with Crippen LogP contribution >= 0.6 is 0 Å². The Morgan fingerprint density at radius 1 is 1.09 bits per heavy atom. The average molecular weight is 297 g/mol. The van der Waals surface area contributed by atoms with E-state index in [1.165, 1.54) is 4.90 Å². The number of hydrogen-bond donors (Lipinski definition) is 1. The summed E-state index contributed by atoms with van der Waals surface area (Å²) >= 11 is 0. The Morgan fingerprint density at radius 2 is 1.64 bits per heavy atom. The van der Waals surface area contributed by atoms with Crippen LogP contribution < -0.4 is 4.90 Å². The minimum absolute atomic E-state index is 0.620. The lowest BCUT2D eigenvalue weighted by Crippen LogP contribution is -2.72. The van der Waals surface area contributed by atoms with Gasteiger partial charge in [0.05, 0.1) is 7.11 Å². The SMILES string of the molecule is COC(=O)C1(O)C(=O)N(c2ccccc2)C1c1ccccc1. The van der Waals surface area contributed by atoms with Crippen molar-refractivity contribution in [2.45, 2.75) is 11.6 Å². The Hall–Kier alpha value is -2.66. The van der Waals surface area contributed by atoms with E-state index in [4.69, 9.17) is 0 Å². The molecule has 2 aromatic carbocycles. The number of hydrogen-bond acceptors (Lipinski definition) is 4. The average Bonchev–Trinajstić information content (AvgIpc) is 2.59. The lowest BCUT2D eigenvalue weighted by Gasteiger charge is -2.50. The molecule has 1 aliphatic rings. The molecular formula is C17H15NO4. The molecular weight excluding hydrogens is 282 g/mol.